The zero-order valence-corrected chi connectivity index (χ0v) is 30.4. The highest BCUT2D eigenvalue weighted by atomic mass is 16.5. The molecule has 1 saturated heterocycles. The van der Waals surface area contributed by atoms with Gasteiger partial charge in [-0.25, -0.2) is 14.8 Å². The van der Waals surface area contributed by atoms with Crippen molar-refractivity contribution >= 4 is 46.3 Å². The van der Waals surface area contributed by atoms with Crippen molar-refractivity contribution in [2.45, 2.75) is 58.4 Å². The fourth-order valence-electron chi connectivity index (χ4n) is 6.07. The molecule has 0 atom stereocenters. The van der Waals surface area contributed by atoms with Crippen molar-refractivity contribution in [2.24, 2.45) is 23.7 Å². The molecule has 0 unspecified atom stereocenters. The lowest BCUT2D eigenvalue weighted by Crippen LogP contribution is -2.35. The monoisotopic (exact) mass is 710 g/mol. The minimum absolute atomic E-state index is 0.0582. The summed E-state index contributed by atoms with van der Waals surface area (Å²) in [6.45, 7) is 5.43. The van der Waals surface area contributed by atoms with E-state index in [0.29, 0.717) is 48.1 Å². The molecule has 1 aliphatic heterocycles. The van der Waals surface area contributed by atoms with Gasteiger partial charge < -0.3 is 30.0 Å². The number of likely N-dealkylation sites (tertiary alicyclic amines) is 1. The van der Waals surface area contributed by atoms with Gasteiger partial charge in [0.05, 0.1) is 37.2 Å². The van der Waals surface area contributed by atoms with Gasteiger partial charge in [-0.15, -0.1) is 0 Å². The van der Waals surface area contributed by atoms with Gasteiger partial charge in [0.25, 0.3) is 5.91 Å². The largest absolute Gasteiger partial charge is 0.465 e. The van der Waals surface area contributed by atoms with E-state index < -0.39 is 6.09 Å². The van der Waals surface area contributed by atoms with Crippen LogP contribution >= 0.6 is 0 Å². The Morgan fingerprint density at radius 3 is 2.48 bits per heavy atom. The first kappa shape index (κ1) is 37.9. The van der Waals surface area contributed by atoms with Crippen molar-refractivity contribution in [3.8, 4) is 0 Å². The molecule has 2 amide bonds. The number of benzene rings is 2. The number of nitrogens with two attached hydrogens (primary N) is 1. The van der Waals surface area contributed by atoms with Crippen LogP contribution in [0.2, 0.25) is 0 Å². The number of nitrogens with zero attached hydrogens (tertiary/aromatic N) is 6. The number of aryl methyl sites for hydroxylation is 1. The van der Waals surface area contributed by atoms with Gasteiger partial charge >= 0.3 is 12.1 Å². The predicted molar refractivity (Wildman–Crippen MR) is 202 cm³/mol. The number of aromatic nitrogens is 3. The fraction of sp³-hybridized carbons (Fsp3) is 0.436. The van der Waals surface area contributed by atoms with Crippen LogP contribution in [-0.2, 0) is 27.9 Å². The third-order valence-corrected chi connectivity index (χ3v) is 9.32. The number of ether oxygens (including phenoxy) is 2. The minimum atomic E-state index is -0.689. The van der Waals surface area contributed by atoms with Crippen molar-refractivity contribution in [3.05, 3.63) is 83.8 Å². The standard InChI is InChI=1S/C39H50N8O5/c1-4-5-6-9-24-51-39(50)44-37(40)29-11-14-31(15-12-29)42-26-35-43-32-25-30(13-16-33(32)46(35)3)38(49)47(34-10-7-8-20-41-34)23-19-36(48)52-27-28-17-21-45(2)22-18-28/h7-8,10-16,20,25,28,42H,4-6,9,17-19,21-24,26-27H2,1-3H3,(H2,40,44,50). The summed E-state index contributed by atoms with van der Waals surface area (Å²) >= 11 is 0. The number of hydrogen-bond acceptors (Lipinski definition) is 9. The quantitative estimate of drug-likeness (QED) is 0.0619. The van der Waals surface area contributed by atoms with Gasteiger partial charge in [-0.05, 0) is 99.9 Å². The number of pyridine rings is 1. The molecule has 3 N–H and O–H groups in total. The molecule has 13 nitrogen and oxygen atoms in total. The predicted octanol–water partition coefficient (Wildman–Crippen LogP) is 5.92. The Morgan fingerprint density at radius 1 is 0.981 bits per heavy atom. The number of carbonyl (C=O) groups excluding carboxylic acids is 3. The van der Waals surface area contributed by atoms with Crippen LogP contribution in [0.5, 0.6) is 0 Å². The van der Waals surface area contributed by atoms with Crippen LogP contribution in [0.4, 0.5) is 16.3 Å². The van der Waals surface area contributed by atoms with E-state index in [1.54, 1.807) is 42.6 Å². The second-order valence-corrected chi connectivity index (χ2v) is 13.2. The van der Waals surface area contributed by atoms with E-state index in [0.717, 1.165) is 68.6 Å². The van der Waals surface area contributed by atoms with Gasteiger partial charge in [0.1, 0.15) is 17.5 Å². The number of fused-ring (bicyclic) bond motifs is 1. The van der Waals surface area contributed by atoms with E-state index >= 15 is 0 Å². The number of anilines is 2. The highest BCUT2D eigenvalue weighted by Gasteiger charge is 2.23. The molecular weight excluding hydrogens is 660 g/mol. The molecule has 0 saturated carbocycles. The third-order valence-electron chi connectivity index (χ3n) is 9.32. The third kappa shape index (κ3) is 10.6. The zero-order chi connectivity index (χ0) is 36.9. The summed E-state index contributed by atoms with van der Waals surface area (Å²) in [5.41, 5.74) is 9.45. The molecule has 5 rings (SSSR count). The lowest BCUT2D eigenvalue weighted by molar-refractivity contribution is -0.145. The van der Waals surface area contributed by atoms with Gasteiger partial charge in [0.15, 0.2) is 0 Å². The lowest BCUT2D eigenvalue weighted by atomic mass is 9.98. The first-order chi connectivity index (χ1) is 25.2. The first-order valence-corrected chi connectivity index (χ1v) is 18.1. The van der Waals surface area contributed by atoms with E-state index in [1.807, 2.05) is 35.9 Å². The number of aliphatic imine (C=N–C) groups is 1. The Balaban J connectivity index is 1.19. The smallest absolute Gasteiger partial charge is 0.435 e. The molecule has 3 heterocycles. The molecule has 1 fully saturated rings. The molecule has 0 bridgehead atoms. The molecule has 4 aromatic rings. The molecule has 0 spiro atoms. The van der Waals surface area contributed by atoms with E-state index in [9.17, 15) is 14.4 Å². The van der Waals surface area contributed by atoms with Crippen LogP contribution in [0.3, 0.4) is 0 Å². The second-order valence-electron chi connectivity index (χ2n) is 13.2. The Kier molecular flexibility index (Phi) is 13.7. The van der Waals surface area contributed by atoms with Crippen LogP contribution in [0.15, 0.2) is 71.9 Å². The summed E-state index contributed by atoms with van der Waals surface area (Å²) in [7, 11) is 4.03. The molecule has 276 valence electrons. The Bertz CT molecular complexity index is 1820. The van der Waals surface area contributed by atoms with Gasteiger partial charge in [0, 0.05) is 36.6 Å². The number of imidazole rings is 1. The molecule has 13 heteroatoms. The number of carbonyl (C=O) groups is 3. The number of amides is 2. The number of unbranched alkanes of at least 4 members (excludes halogenated alkanes) is 3. The molecule has 2 aromatic heterocycles. The molecule has 1 aliphatic rings. The van der Waals surface area contributed by atoms with Crippen LogP contribution in [0.1, 0.15) is 73.6 Å². The van der Waals surface area contributed by atoms with Crippen LogP contribution in [0.25, 0.3) is 11.0 Å². The summed E-state index contributed by atoms with van der Waals surface area (Å²) in [5, 5.41) is 3.37. The van der Waals surface area contributed by atoms with Crippen molar-refractivity contribution in [2.75, 3.05) is 50.1 Å². The number of amidine groups is 1. The average molecular weight is 711 g/mol. The first-order valence-electron chi connectivity index (χ1n) is 18.1. The maximum Gasteiger partial charge on any atom is 0.435 e. The molecule has 0 radical (unpaired) electrons. The maximum atomic E-state index is 13.9. The number of nitrogens with one attached hydrogen (secondary N) is 1. The molecule has 2 aromatic carbocycles. The number of rotatable bonds is 16. The normalized spacial score (nSPS) is 13.9. The average Bonchev–Trinajstić information content (AvgIpc) is 3.48. The van der Waals surface area contributed by atoms with Crippen LogP contribution in [-0.4, -0.2) is 83.1 Å². The van der Waals surface area contributed by atoms with Crippen LogP contribution in [0, 0.1) is 5.92 Å². The highest BCUT2D eigenvalue weighted by Crippen LogP contribution is 2.22. The Labute approximate surface area is 305 Å². The molecule has 0 aliphatic carbocycles. The Hall–Kier alpha value is -5.30. The van der Waals surface area contributed by atoms with Crippen molar-refractivity contribution in [1.29, 1.82) is 0 Å². The second kappa shape index (κ2) is 18.8. The summed E-state index contributed by atoms with van der Waals surface area (Å²) in [5.74, 6) is 1.07. The number of hydrogen-bond donors (Lipinski definition) is 2. The number of piperidine rings is 1. The maximum absolute atomic E-state index is 13.9. The van der Waals surface area contributed by atoms with E-state index in [2.05, 4.69) is 34.2 Å². The summed E-state index contributed by atoms with van der Waals surface area (Å²) < 4.78 is 12.7. The van der Waals surface area contributed by atoms with Gasteiger partial charge in [-0.1, -0.05) is 32.3 Å². The van der Waals surface area contributed by atoms with Crippen LogP contribution < -0.4 is 16.0 Å². The van der Waals surface area contributed by atoms with E-state index in [4.69, 9.17) is 20.2 Å². The van der Waals surface area contributed by atoms with Crippen molar-refractivity contribution in [1.82, 2.24) is 19.4 Å². The van der Waals surface area contributed by atoms with Crippen molar-refractivity contribution in [3.63, 3.8) is 0 Å². The SMILES string of the molecule is CCCCCCOC(=O)/N=C(\N)c1ccc(NCc2nc3cc(C(=O)N(CCC(=O)OCC4CCN(C)CC4)c4ccccn4)ccc3n2C)cc1. The highest BCUT2D eigenvalue weighted by molar-refractivity contribution is 6.07. The molecular formula is C39H50N8O5. The zero-order valence-electron chi connectivity index (χ0n) is 30.4. The van der Waals surface area contributed by atoms with Crippen molar-refractivity contribution < 1.29 is 23.9 Å². The minimum Gasteiger partial charge on any atom is -0.465 e. The fourth-order valence-corrected chi connectivity index (χ4v) is 6.07. The van der Waals surface area contributed by atoms with Gasteiger partial charge in [-0.3, -0.25) is 14.5 Å². The van der Waals surface area contributed by atoms with Gasteiger partial charge in [-0.2, -0.15) is 4.99 Å². The van der Waals surface area contributed by atoms with E-state index in [1.165, 1.54) is 4.90 Å². The summed E-state index contributed by atoms with van der Waals surface area (Å²) in [6.07, 6.45) is 7.05. The van der Waals surface area contributed by atoms with E-state index in [-0.39, 0.29) is 30.7 Å². The lowest BCUT2D eigenvalue weighted by Gasteiger charge is -2.28. The summed E-state index contributed by atoms with van der Waals surface area (Å²) in [6, 6.07) is 18.0. The van der Waals surface area contributed by atoms with Gasteiger partial charge in [0.2, 0.25) is 0 Å². The number of esters is 1. The Morgan fingerprint density at radius 2 is 1.75 bits per heavy atom. The summed E-state index contributed by atoms with van der Waals surface area (Å²) in [4.78, 5) is 55.5. The molecule has 52 heavy (non-hydrogen) atoms. The topological polar surface area (TPSA) is 157 Å².